The summed E-state index contributed by atoms with van der Waals surface area (Å²) in [6.45, 7) is 8.74. The Bertz CT molecular complexity index is 194. The van der Waals surface area contributed by atoms with Crippen molar-refractivity contribution in [3.8, 4) is 0 Å². The molecule has 0 amide bonds. The van der Waals surface area contributed by atoms with Gasteiger partial charge in [-0.1, -0.05) is 27.7 Å². The van der Waals surface area contributed by atoms with Crippen molar-refractivity contribution in [1.82, 2.24) is 0 Å². The van der Waals surface area contributed by atoms with Gasteiger partial charge in [-0.3, -0.25) is 4.79 Å². The maximum Gasteiger partial charge on any atom is 0.306 e. The van der Waals surface area contributed by atoms with E-state index in [1.807, 2.05) is 0 Å². The summed E-state index contributed by atoms with van der Waals surface area (Å²) in [7, 11) is 0. The van der Waals surface area contributed by atoms with E-state index in [1.54, 1.807) is 0 Å². The van der Waals surface area contributed by atoms with E-state index in [1.165, 1.54) is 0 Å². The molecule has 0 saturated heterocycles. The maximum atomic E-state index is 10.6. The summed E-state index contributed by atoms with van der Waals surface area (Å²) in [4.78, 5) is 10.6. The number of hydrogen-bond donors (Lipinski definition) is 1. The van der Waals surface area contributed by atoms with E-state index in [4.69, 9.17) is 5.11 Å². The van der Waals surface area contributed by atoms with Crippen LogP contribution in [-0.2, 0) is 4.79 Å². The first kappa shape index (κ1) is 9.56. The number of carbonyl (C=O) groups is 1. The summed E-state index contributed by atoms with van der Waals surface area (Å²) < 4.78 is 0. The van der Waals surface area contributed by atoms with Crippen LogP contribution in [0.1, 0.15) is 40.5 Å². The lowest BCUT2D eigenvalue weighted by Gasteiger charge is -2.52. The van der Waals surface area contributed by atoms with Gasteiger partial charge in [0.1, 0.15) is 0 Å². The minimum absolute atomic E-state index is 0.0887. The van der Waals surface area contributed by atoms with Crippen molar-refractivity contribution in [2.75, 3.05) is 0 Å². The lowest BCUT2D eigenvalue weighted by molar-refractivity contribution is -0.154. The second-order valence-electron chi connectivity index (χ2n) is 5.25. The summed E-state index contributed by atoms with van der Waals surface area (Å²) >= 11 is 0. The Kier molecular flexibility index (Phi) is 1.97. The van der Waals surface area contributed by atoms with E-state index in [9.17, 15) is 4.79 Å². The van der Waals surface area contributed by atoms with E-state index in [0.717, 1.165) is 12.8 Å². The average Bonchev–Trinajstić information content (AvgIpc) is 1.77. The Morgan fingerprint density at radius 2 is 1.83 bits per heavy atom. The molecule has 0 atom stereocenters. The molecule has 70 valence electrons. The van der Waals surface area contributed by atoms with Gasteiger partial charge in [0.05, 0.1) is 5.92 Å². The molecule has 0 aromatic rings. The Morgan fingerprint density at radius 1 is 1.42 bits per heavy atom. The van der Waals surface area contributed by atoms with E-state index in [0.29, 0.717) is 0 Å². The molecule has 0 unspecified atom stereocenters. The van der Waals surface area contributed by atoms with Gasteiger partial charge < -0.3 is 5.11 Å². The Morgan fingerprint density at radius 3 is 2.08 bits per heavy atom. The second kappa shape index (κ2) is 2.48. The number of hydrogen-bond acceptors (Lipinski definition) is 1. The molecular formula is C10H18O2. The van der Waals surface area contributed by atoms with Gasteiger partial charge in [0, 0.05) is 0 Å². The number of rotatable bonds is 1. The van der Waals surface area contributed by atoms with Gasteiger partial charge in [-0.2, -0.15) is 0 Å². The van der Waals surface area contributed by atoms with Crippen LogP contribution < -0.4 is 0 Å². The zero-order valence-electron chi connectivity index (χ0n) is 8.35. The SMILES string of the molecule is CC(C)(C)C1(C)CC(C(=O)O)C1. The molecule has 1 aliphatic rings. The molecule has 0 bridgehead atoms. The quantitative estimate of drug-likeness (QED) is 0.656. The summed E-state index contributed by atoms with van der Waals surface area (Å²) in [6.07, 6.45) is 1.68. The fourth-order valence-corrected chi connectivity index (χ4v) is 1.81. The molecule has 1 N–H and O–H groups in total. The zero-order valence-corrected chi connectivity index (χ0v) is 8.35. The van der Waals surface area contributed by atoms with Crippen molar-refractivity contribution < 1.29 is 9.90 Å². The molecule has 0 aromatic heterocycles. The Balaban J connectivity index is 2.57. The molecular weight excluding hydrogens is 152 g/mol. The second-order valence-corrected chi connectivity index (χ2v) is 5.25. The normalized spacial score (nSPS) is 35.8. The number of aliphatic carboxylic acids is 1. The topological polar surface area (TPSA) is 37.3 Å². The van der Waals surface area contributed by atoms with Crippen LogP contribution >= 0.6 is 0 Å². The molecule has 0 spiro atoms. The molecule has 12 heavy (non-hydrogen) atoms. The molecule has 0 heterocycles. The van der Waals surface area contributed by atoms with Crippen LogP contribution in [0.3, 0.4) is 0 Å². The van der Waals surface area contributed by atoms with Gasteiger partial charge >= 0.3 is 5.97 Å². The monoisotopic (exact) mass is 170 g/mol. The lowest BCUT2D eigenvalue weighted by Crippen LogP contribution is -2.47. The highest BCUT2D eigenvalue weighted by atomic mass is 16.4. The third-order valence-corrected chi connectivity index (χ3v) is 3.55. The molecule has 2 heteroatoms. The van der Waals surface area contributed by atoms with Gasteiger partial charge in [-0.05, 0) is 23.7 Å². The predicted octanol–water partition coefficient (Wildman–Crippen LogP) is 2.53. The van der Waals surface area contributed by atoms with Crippen LogP contribution in [0.2, 0.25) is 0 Å². The third kappa shape index (κ3) is 1.35. The minimum atomic E-state index is -0.628. The molecule has 0 radical (unpaired) electrons. The van der Waals surface area contributed by atoms with Gasteiger partial charge in [-0.25, -0.2) is 0 Å². The van der Waals surface area contributed by atoms with E-state index >= 15 is 0 Å². The maximum absolute atomic E-state index is 10.6. The summed E-state index contributed by atoms with van der Waals surface area (Å²) in [5.74, 6) is -0.717. The lowest BCUT2D eigenvalue weighted by atomic mass is 9.52. The van der Waals surface area contributed by atoms with Crippen molar-refractivity contribution in [2.24, 2.45) is 16.7 Å². The van der Waals surface area contributed by atoms with Gasteiger partial charge in [0.25, 0.3) is 0 Å². The summed E-state index contributed by atoms with van der Waals surface area (Å²) in [6, 6.07) is 0. The summed E-state index contributed by atoms with van der Waals surface area (Å²) in [5, 5.41) is 8.73. The van der Waals surface area contributed by atoms with Crippen LogP contribution in [0.5, 0.6) is 0 Å². The predicted molar refractivity (Wildman–Crippen MR) is 47.9 cm³/mol. The molecule has 0 aliphatic heterocycles. The minimum Gasteiger partial charge on any atom is -0.481 e. The molecule has 1 aliphatic carbocycles. The fourth-order valence-electron chi connectivity index (χ4n) is 1.81. The first-order valence-corrected chi connectivity index (χ1v) is 4.49. The van der Waals surface area contributed by atoms with Gasteiger partial charge in [0.15, 0.2) is 0 Å². The molecule has 1 saturated carbocycles. The Hall–Kier alpha value is -0.530. The van der Waals surface area contributed by atoms with Crippen molar-refractivity contribution >= 4 is 5.97 Å². The van der Waals surface area contributed by atoms with Crippen LogP contribution in [0.25, 0.3) is 0 Å². The fraction of sp³-hybridized carbons (Fsp3) is 0.900. The van der Waals surface area contributed by atoms with Crippen LogP contribution in [0, 0.1) is 16.7 Å². The average molecular weight is 170 g/mol. The standard InChI is InChI=1S/C10H18O2/c1-9(2,3)10(4)5-7(6-10)8(11)12/h7H,5-6H2,1-4H3,(H,11,12). The number of carboxylic acids is 1. The molecule has 1 fully saturated rings. The third-order valence-electron chi connectivity index (χ3n) is 3.55. The van der Waals surface area contributed by atoms with Gasteiger partial charge in [-0.15, -0.1) is 0 Å². The highest BCUT2D eigenvalue weighted by Crippen LogP contribution is 2.56. The van der Waals surface area contributed by atoms with Crippen LogP contribution in [0.4, 0.5) is 0 Å². The molecule has 2 nitrogen and oxygen atoms in total. The van der Waals surface area contributed by atoms with Crippen molar-refractivity contribution in [2.45, 2.75) is 40.5 Å². The van der Waals surface area contributed by atoms with Crippen molar-refractivity contribution in [1.29, 1.82) is 0 Å². The number of carboxylic acid groups (broad SMARTS) is 1. The van der Waals surface area contributed by atoms with Crippen LogP contribution in [0.15, 0.2) is 0 Å². The highest BCUT2D eigenvalue weighted by Gasteiger charge is 2.50. The Labute approximate surface area is 74.0 Å². The van der Waals surface area contributed by atoms with Crippen LogP contribution in [-0.4, -0.2) is 11.1 Å². The zero-order chi connectivity index (χ0) is 9.57. The largest absolute Gasteiger partial charge is 0.481 e. The van der Waals surface area contributed by atoms with Crippen molar-refractivity contribution in [3.63, 3.8) is 0 Å². The van der Waals surface area contributed by atoms with E-state index in [2.05, 4.69) is 27.7 Å². The first-order valence-electron chi connectivity index (χ1n) is 4.49. The highest BCUT2D eigenvalue weighted by molar-refractivity contribution is 5.71. The van der Waals surface area contributed by atoms with Gasteiger partial charge in [0.2, 0.25) is 0 Å². The van der Waals surface area contributed by atoms with Crippen molar-refractivity contribution in [3.05, 3.63) is 0 Å². The first-order chi connectivity index (χ1) is 5.26. The molecule has 1 rings (SSSR count). The summed E-state index contributed by atoms with van der Waals surface area (Å²) in [5.41, 5.74) is 0.467. The smallest absolute Gasteiger partial charge is 0.306 e. The van der Waals surface area contributed by atoms with E-state index in [-0.39, 0.29) is 16.7 Å². The molecule has 0 aromatic carbocycles. The van der Waals surface area contributed by atoms with E-state index < -0.39 is 5.97 Å².